The number of amides is 1. The van der Waals surface area contributed by atoms with Crippen LogP contribution in [-0.2, 0) is 16.0 Å². The number of nitrogens with two attached hydrogens (primary N) is 1. The summed E-state index contributed by atoms with van der Waals surface area (Å²) in [5.41, 5.74) is 9.32. The molecule has 198 valence electrons. The monoisotopic (exact) mass is 532 g/mol. The van der Waals surface area contributed by atoms with E-state index in [2.05, 4.69) is 38.8 Å². The van der Waals surface area contributed by atoms with Gasteiger partial charge in [0.1, 0.15) is 29.5 Å². The number of fused-ring (bicyclic) bond motifs is 2. The molecule has 0 saturated heterocycles. The van der Waals surface area contributed by atoms with Crippen molar-refractivity contribution < 1.29 is 9.53 Å². The molecule has 4 heterocycles. The van der Waals surface area contributed by atoms with Crippen molar-refractivity contribution in [2.75, 3.05) is 37.0 Å². The summed E-state index contributed by atoms with van der Waals surface area (Å²) in [6.07, 6.45) is 7.94. The highest BCUT2D eigenvalue weighted by atomic mass is 32.2. The first-order chi connectivity index (χ1) is 18.5. The highest BCUT2D eigenvalue weighted by molar-refractivity contribution is 7.99. The molecule has 0 fully saturated rings. The number of aromatic nitrogens is 3. The van der Waals surface area contributed by atoms with Gasteiger partial charge in [0.25, 0.3) is 5.56 Å². The van der Waals surface area contributed by atoms with Gasteiger partial charge in [-0.25, -0.2) is 9.97 Å². The Bertz CT molecular complexity index is 1390. The van der Waals surface area contributed by atoms with Crippen LogP contribution in [0.2, 0.25) is 0 Å². The number of thioether (sulfide) groups is 1. The third-order valence-electron chi connectivity index (χ3n) is 6.89. The molecule has 5 rings (SSSR count). The van der Waals surface area contributed by atoms with Gasteiger partial charge in [-0.05, 0) is 36.5 Å². The van der Waals surface area contributed by atoms with E-state index in [1.54, 1.807) is 31.3 Å². The van der Waals surface area contributed by atoms with Crippen LogP contribution < -0.4 is 21.9 Å². The Morgan fingerprint density at radius 3 is 2.89 bits per heavy atom. The summed E-state index contributed by atoms with van der Waals surface area (Å²) < 4.78 is 7.05. The van der Waals surface area contributed by atoms with E-state index in [1.165, 1.54) is 10.1 Å². The van der Waals surface area contributed by atoms with Gasteiger partial charge in [0.2, 0.25) is 5.91 Å². The molecule has 1 amide bonds. The van der Waals surface area contributed by atoms with Crippen molar-refractivity contribution in [2.24, 2.45) is 0 Å². The molecule has 38 heavy (non-hydrogen) atoms. The molecule has 1 aromatic carbocycles. The van der Waals surface area contributed by atoms with Crippen molar-refractivity contribution in [3.05, 3.63) is 81.7 Å². The zero-order valence-corrected chi connectivity index (χ0v) is 22.2. The van der Waals surface area contributed by atoms with Crippen LogP contribution in [0.3, 0.4) is 0 Å². The fraction of sp³-hybridized carbons (Fsp3) is 0.357. The lowest BCUT2D eigenvalue weighted by Crippen LogP contribution is -2.37. The lowest BCUT2D eigenvalue weighted by atomic mass is 10.1. The molecule has 0 saturated carbocycles. The van der Waals surface area contributed by atoms with E-state index < -0.39 is 12.1 Å². The quantitative estimate of drug-likeness (QED) is 0.357. The molecule has 3 aromatic rings. The Hall–Kier alpha value is -3.63. The Labute approximate surface area is 225 Å². The van der Waals surface area contributed by atoms with E-state index >= 15 is 0 Å². The number of nitrogens with zero attached hydrogens (tertiary/aromatic N) is 3. The van der Waals surface area contributed by atoms with Gasteiger partial charge < -0.3 is 21.1 Å². The molecular formula is C28H32N6O3S. The predicted octanol–water partition coefficient (Wildman–Crippen LogP) is 3.59. The van der Waals surface area contributed by atoms with Crippen LogP contribution in [0.5, 0.6) is 0 Å². The van der Waals surface area contributed by atoms with Crippen molar-refractivity contribution in [1.82, 2.24) is 19.9 Å². The van der Waals surface area contributed by atoms with Crippen molar-refractivity contribution in [1.29, 1.82) is 0 Å². The van der Waals surface area contributed by atoms with Gasteiger partial charge in [-0.15, -0.1) is 11.8 Å². The number of carbonyl (C=O) groups excluding carboxylic acids is 1. The second-order valence-electron chi connectivity index (χ2n) is 9.46. The number of ether oxygens (including phenoxy) is 1. The summed E-state index contributed by atoms with van der Waals surface area (Å²) >= 11 is 1.73. The van der Waals surface area contributed by atoms with Gasteiger partial charge in [0, 0.05) is 49.0 Å². The molecule has 4 N–H and O–H groups in total. The van der Waals surface area contributed by atoms with Gasteiger partial charge in [0.15, 0.2) is 0 Å². The van der Waals surface area contributed by atoms with Crippen LogP contribution >= 0.6 is 11.8 Å². The van der Waals surface area contributed by atoms with Crippen LogP contribution in [0.4, 0.5) is 11.5 Å². The number of hydrogen-bond donors (Lipinski definition) is 3. The van der Waals surface area contributed by atoms with Gasteiger partial charge in [0.05, 0.1) is 6.20 Å². The average molecular weight is 533 g/mol. The fourth-order valence-electron chi connectivity index (χ4n) is 4.88. The van der Waals surface area contributed by atoms with Crippen molar-refractivity contribution >= 4 is 35.3 Å². The number of nitrogen functional groups attached to an aromatic ring is 1. The first-order valence-electron chi connectivity index (χ1n) is 12.8. The fourth-order valence-corrected chi connectivity index (χ4v) is 5.95. The van der Waals surface area contributed by atoms with E-state index in [0.29, 0.717) is 36.8 Å². The number of anilines is 2. The summed E-state index contributed by atoms with van der Waals surface area (Å²) in [6, 6.07) is 11.4. The molecule has 0 spiro atoms. The second-order valence-corrected chi connectivity index (χ2v) is 10.6. The third-order valence-corrected chi connectivity index (χ3v) is 7.97. The molecule has 0 bridgehead atoms. The normalized spacial score (nSPS) is 18.2. The zero-order valence-electron chi connectivity index (χ0n) is 21.4. The molecule has 2 aliphatic heterocycles. The molecule has 0 radical (unpaired) electrons. The summed E-state index contributed by atoms with van der Waals surface area (Å²) in [6.45, 7) is 1.02. The summed E-state index contributed by atoms with van der Waals surface area (Å²) in [5, 5.41) is 6.26. The Morgan fingerprint density at radius 1 is 1.24 bits per heavy atom. The lowest BCUT2D eigenvalue weighted by Gasteiger charge is -2.16. The SMILES string of the molecule is COC1C[C@@H](C(=O)NCC2=Cc3cnc(N)cc3SCC2)n2c1ncc(NCCCc1ccccc1)c2=O. The van der Waals surface area contributed by atoms with Crippen LogP contribution in [0.15, 0.2) is 64.1 Å². The number of carbonyl (C=O) groups is 1. The number of nitrogens with one attached hydrogen (secondary N) is 2. The number of pyridine rings is 1. The van der Waals surface area contributed by atoms with Crippen molar-refractivity contribution in [3.63, 3.8) is 0 Å². The van der Waals surface area contributed by atoms with E-state index in [4.69, 9.17) is 10.5 Å². The van der Waals surface area contributed by atoms with Gasteiger partial charge >= 0.3 is 0 Å². The third kappa shape index (κ3) is 5.76. The maximum Gasteiger partial charge on any atom is 0.277 e. The molecule has 2 aliphatic rings. The minimum atomic E-state index is -0.685. The molecule has 2 aromatic heterocycles. The largest absolute Gasteiger partial charge is 0.384 e. The standard InChI is InChI=1S/C28H32N6O3S/c1-37-23-13-22(27(35)33-15-19-9-11-38-24-14-25(29)31-16-20(24)12-19)34-26(23)32-17-21(28(34)36)30-10-5-8-18-6-3-2-4-7-18/h2-4,6-7,12,14,16-17,22-23,30H,5,8-11,13,15H2,1H3,(H2,29,31)(H,33,35)/t22-,23?/m0/s1. The van der Waals surface area contributed by atoms with Gasteiger partial charge in [-0.2, -0.15) is 0 Å². The number of methoxy groups -OCH3 is 1. The Kier molecular flexibility index (Phi) is 8.09. The predicted molar refractivity (Wildman–Crippen MR) is 150 cm³/mol. The molecule has 1 unspecified atom stereocenters. The highest BCUT2D eigenvalue weighted by Gasteiger charge is 2.38. The number of aryl methyl sites for hydroxylation is 1. The first-order valence-corrected chi connectivity index (χ1v) is 13.8. The maximum absolute atomic E-state index is 13.4. The van der Waals surface area contributed by atoms with Crippen molar-refractivity contribution in [3.8, 4) is 0 Å². The first kappa shape index (κ1) is 26.0. The van der Waals surface area contributed by atoms with Crippen LogP contribution in [0.1, 0.15) is 48.4 Å². The maximum atomic E-state index is 13.4. The van der Waals surface area contributed by atoms with Gasteiger partial charge in [-0.3, -0.25) is 14.2 Å². The molecular weight excluding hydrogens is 500 g/mol. The van der Waals surface area contributed by atoms with Crippen LogP contribution in [-0.4, -0.2) is 46.4 Å². The molecule has 2 atom stereocenters. The highest BCUT2D eigenvalue weighted by Crippen LogP contribution is 2.35. The number of benzene rings is 1. The minimum absolute atomic E-state index is 0.218. The van der Waals surface area contributed by atoms with Crippen LogP contribution in [0, 0.1) is 0 Å². The van der Waals surface area contributed by atoms with Crippen LogP contribution in [0.25, 0.3) is 6.08 Å². The molecule has 10 heteroatoms. The Balaban J connectivity index is 1.26. The number of rotatable bonds is 9. The average Bonchev–Trinajstić information content (AvgIpc) is 3.20. The summed E-state index contributed by atoms with van der Waals surface area (Å²) in [5.74, 6) is 1.65. The second kappa shape index (κ2) is 11.8. The van der Waals surface area contributed by atoms with E-state index in [9.17, 15) is 9.59 Å². The smallest absolute Gasteiger partial charge is 0.277 e. The number of hydrogen-bond acceptors (Lipinski definition) is 8. The van der Waals surface area contributed by atoms with Gasteiger partial charge in [-0.1, -0.05) is 36.4 Å². The Morgan fingerprint density at radius 2 is 2.08 bits per heavy atom. The minimum Gasteiger partial charge on any atom is -0.384 e. The summed E-state index contributed by atoms with van der Waals surface area (Å²) in [7, 11) is 1.57. The summed E-state index contributed by atoms with van der Waals surface area (Å²) in [4.78, 5) is 36.5. The zero-order chi connectivity index (χ0) is 26.5. The molecule has 9 nitrogen and oxygen atoms in total. The molecule has 0 aliphatic carbocycles. The van der Waals surface area contributed by atoms with E-state index in [0.717, 1.165) is 41.0 Å². The van der Waals surface area contributed by atoms with E-state index in [-0.39, 0.29) is 11.5 Å². The lowest BCUT2D eigenvalue weighted by molar-refractivity contribution is -0.124. The topological polar surface area (TPSA) is 124 Å². The van der Waals surface area contributed by atoms with E-state index in [1.807, 2.05) is 24.3 Å². The van der Waals surface area contributed by atoms with Crippen molar-refractivity contribution in [2.45, 2.75) is 42.7 Å².